The van der Waals surface area contributed by atoms with E-state index in [1.807, 2.05) is 24.3 Å². The van der Waals surface area contributed by atoms with Crippen molar-refractivity contribution in [3.63, 3.8) is 0 Å². The molecular weight excluding hydrogens is 354 g/mol. The minimum absolute atomic E-state index is 0.00652. The molecule has 0 atom stereocenters. The van der Waals surface area contributed by atoms with E-state index in [4.69, 9.17) is 5.11 Å². The molecule has 3 aromatic rings. The Kier molecular flexibility index (Phi) is 3.57. The van der Waals surface area contributed by atoms with E-state index in [0.717, 1.165) is 21.4 Å². The van der Waals surface area contributed by atoms with Crippen LogP contribution in [0.2, 0.25) is 0 Å². The van der Waals surface area contributed by atoms with Crippen LogP contribution in [-0.4, -0.2) is 16.1 Å². The third-order valence-electron chi connectivity index (χ3n) is 2.97. The highest BCUT2D eigenvalue weighted by molar-refractivity contribution is 9.10. The SMILES string of the molecule is O=C(O)c1cc2nc(-c3ccc(Br)cc3)ccc2c(=O)s1. The lowest BCUT2D eigenvalue weighted by atomic mass is 10.1. The van der Waals surface area contributed by atoms with Gasteiger partial charge in [-0.25, -0.2) is 9.78 Å². The van der Waals surface area contributed by atoms with E-state index in [1.54, 1.807) is 12.1 Å². The predicted octanol–water partition coefficient (Wildman–Crippen LogP) is 3.78. The fraction of sp³-hybridized carbons (Fsp3) is 0. The molecule has 0 aliphatic heterocycles. The smallest absolute Gasteiger partial charge is 0.346 e. The van der Waals surface area contributed by atoms with E-state index in [0.29, 0.717) is 16.6 Å². The molecule has 2 heterocycles. The number of aromatic nitrogens is 1. The second kappa shape index (κ2) is 5.38. The Morgan fingerprint density at radius 2 is 1.86 bits per heavy atom. The van der Waals surface area contributed by atoms with Gasteiger partial charge in [0.25, 0.3) is 0 Å². The quantitative estimate of drug-likeness (QED) is 0.753. The van der Waals surface area contributed by atoms with Crippen LogP contribution in [-0.2, 0) is 0 Å². The van der Waals surface area contributed by atoms with Crippen LogP contribution in [0, 0.1) is 0 Å². The molecule has 0 amide bonds. The van der Waals surface area contributed by atoms with Crippen molar-refractivity contribution >= 4 is 44.1 Å². The largest absolute Gasteiger partial charge is 0.477 e. The number of hydrogen-bond acceptors (Lipinski definition) is 4. The van der Waals surface area contributed by atoms with Crippen LogP contribution >= 0.6 is 27.3 Å². The molecule has 2 aromatic heterocycles. The standard InChI is InChI=1S/C15H8BrNO3S/c16-9-3-1-8(2-4-9)11-6-5-10-12(17-11)7-13(14(18)19)21-15(10)20/h1-7H,(H,18,19). The van der Waals surface area contributed by atoms with Crippen molar-refractivity contribution in [3.8, 4) is 11.3 Å². The minimum Gasteiger partial charge on any atom is -0.477 e. The summed E-state index contributed by atoms with van der Waals surface area (Å²) in [6, 6.07) is 12.5. The summed E-state index contributed by atoms with van der Waals surface area (Å²) in [6.45, 7) is 0. The first-order chi connectivity index (χ1) is 10.0. The van der Waals surface area contributed by atoms with Crippen molar-refractivity contribution < 1.29 is 9.90 Å². The number of carboxylic acids is 1. The lowest BCUT2D eigenvalue weighted by molar-refractivity contribution is 0.0702. The van der Waals surface area contributed by atoms with Gasteiger partial charge in [0.15, 0.2) is 0 Å². The zero-order valence-electron chi connectivity index (χ0n) is 10.5. The van der Waals surface area contributed by atoms with Crippen molar-refractivity contribution in [1.29, 1.82) is 0 Å². The van der Waals surface area contributed by atoms with Crippen LogP contribution < -0.4 is 4.74 Å². The molecule has 0 spiro atoms. The molecule has 0 radical (unpaired) electrons. The highest BCUT2D eigenvalue weighted by Gasteiger charge is 2.10. The van der Waals surface area contributed by atoms with Gasteiger partial charge in [-0.05, 0) is 30.3 Å². The molecule has 1 aromatic carbocycles. The van der Waals surface area contributed by atoms with Crippen LogP contribution in [0.1, 0.15) is 9.67 Å². The average molecular weight is 362 g/mol. The summed E-state index contributed by atoms with van der Waals surface area (Å²) in [7, 11) is 0. The first kappa shape index (κ1) is 13.9. The van der Waals surface area contributed by atoms with Crippen LogP contribution in [0.4, 0.5) is 0 Å². The Labute approximate surface area is 131 Å². The molecule has 0 unspecified atom stereocenters. The van der Waals surface area contributed by atoms with Gasteiger partial charge in [-0.1, -0.05) is 39.4 Å². The van der Waals surface area contributed by atoms with Crippen LogP contribution in [0.25, 0.3) is 22.2 Å². The Hall–Kier alpha value is -2.05. The molecule has 0 aliphatic rings. The van der Waals surface area contributed by atoms with Gasteiger partial charge in [0.05, 0.1) is 16.6 Å². The van der Waals surface area contributed by atoms with Crippen LogP contribution in [0.3, 0.4) is 0 Å². The van der Waals surface area contributed by atoms with Gasteiger partial charge < -0.3 is 5.11 Å². The van der Waals surface area contributed by atoms with Crippen molar-refractivity contribution in [1.82, 2.24) is 4.98 Å². The third kappa shape index (κ3) is 2.72. The number of carbonyl (C=O) groups is 1. The maximum atomic E-state index is 11.9. The third-order valence-corrected chi connectivity index (χ3v) is 4.41. The highest BCUT2D eigenvalue weighted by atomic mass is 79.9. The molecular formula is C15H8BrNO3S. The Balaban J connectivity index is 2.21. The molecule has 0 aliphatic carbocycles. The number of carboxylic acid groups (broad SMARTS) is 1. The number of rotatable bonds is 2. The Morgan fingerprint density at radius 3 is 2.52 bits per heavy atom. The Morgan fingerprint density at radius 1 is 1.14 bits per heavy atom. The zero-order chi connectivity index (χ0) is 15.0. The second-order valence-electron chi connectivity index (χ2n) is 4.34. The minimum atomic E-state index is -1.12. The van der Waals surface area contributed by atoms with E-state index in [-0.39, 0.29) is 9.62 Å². The normalized spacial score (nSPS) is 10.7. The summed E-state index contributed by atoms with van der Waals surface area (Å²) in [5.74, 6) is -1.12. The van der Waals surface area contributed by atoms with Gasteiger partial charge >= 0.3 is 5.97 Å². The number of halogens is 1. The Bertz CT molecular complexity index is 903. The van der Waals surface area contributed by atoms with E-state index in [9.17, 15) is 9.59 Å². The van der Waals surface area contributed by atoms with E-state index < -0.39 is 5.97 Å². The highest BCUT2D eigenvalue weighted by Crippen LogP contribution is 2.23. The van der Waals surface area contributed by atoms with Gasteiger partial charge in [-0.15, -0.1) is 0 Å². The number of pyridine rings is 1. The van der Waals surface area contributed by atoms with Crippen molar-refractivity contribution in [2.24, 2.45) is 0 Å². The zero-order valence-corrected chi connectivity index (χ0v) is 12.9. The van der Waals surface area contributed by atoms with E-state index >= 15 is 0 Å². The second-order valence-corrected chi connectivity index (χ2v) is 6.27. The van der Waals surface area contributed by atoms with Crippen molar-refractivity contribution in [2.75, 3.05) is 0 Å². The number of aromatic carboxylic acids is 1. The monoisotopic (exact) mass is 361 g/mol. The molecule has 0 fully saturated rings. The summed E-state index contributed by atoms with van der Waals surface area (Å²) >= 11 is 4.08. The molecule has 3 rings (SSSR count). The molecule has 4 nitrogen and oxygen atoms in total. The summed E-state index contributed by atoms with van der Waals surface area (Å²) in [5, 5.41) is 9.46. The van der Waals surface area contributed by atoms with Crippen LogP contribution in [0.5, 0.6) is 0 Å². The average Bonchev–Trinajstić information content (AvgIpc) is 2.47. The molecule has 1 N–H and O–H groups in total. The van der Waals surface area contributed by atoms with Crippen LogP contribution in [0.15, 0.2) is 51.7 Å². The molecule has 104 valence electrons. The first-order valence-corrected chi connectivity index (χ1v) is 7.60. The van der Waals surface area contributed by atoms with E-state index in [1.165, 1.54) is 6.07 Å². The predicted molar refractivity (Wildman–Crippen MR) is 86.0 cm³/mol. The first-order valence-electron chi connectivity index (χ1n) is 5.99. The van der Waals surface area contributed by atoms with Gasteiger partial charge in [-0.2, -0.15) is 0 Å². The molecule has 0 bridgehead atoms. The van der Waals surface area contributed by atoms with Gasteiger partial charge in [0.1, 0.15) is 4.88 Å². The number of benzene rings is 1. The molecule has 6 heteroatoms. The molecule has 0 saturated heterocycles. The summed E-state index contributed by atoms with van der Waals surface area (Å²) in [4.78, 5) is 27.3. The maximum absolute atomic E-state index is 11.9. The number of fused-ring (bicyclic) bond motifs is 1. The summed E-state index contributed by atoms with van der Waals surface area (Å²) in [6.07, 6.45) is 0. The number of hydrogen-bond donors (Lipinski definition) is 1. The van der Waals surface area contributed by atoms with Crippen molar-refractivity contribution in [2.45, 2.75) is 0 Å². The van der Waals surface area contributed by atoms with E-state index in [2.05, 4.69) is 20.9 Å². The summed E-state index contributed by atoms with van der Waals surface area (Å²) < 4.78 is 0.670. The lowest BCUT2D eigenvalue weighted by Crippen LogP contribution is -2.03. The van der Waals surface area contributed by atoms with Gasteiger partial charge in [0, 0.05) is 10.0 Å². The number of nitrogens with zero attached hydrogens (tertiary/aromatic N) is 1. The van der Waals surface area contributed by atoms with Gasteiger partial charge in [0.2, 0.25) is 4.74 Å². The molecule has 21 heavy (non-hydrogen) atoms. The fourth-order valence-corrected chi connectivity index (χ4v) is 2.96. The van der Waals surface area contributed by atoms with Crippen molar-refractivity contribution in [3.05, 3.63) is 61.4 Å². The van der Waals surface area contributed by atoms with Gasteiger partial charge in [-0.3, -0.25) is 4.79 Å². The maximum Gasteiger partial charge on any atom is 0.346 e. The molecule has 0 saturated carbocycles. The topological polar surface area (TPSA) is 67.3 Å². The lowest BCUT2D eigenvalue weighted by Gasteiger charge is -2.03. The fourth-order valence-electron chi connectivity index (χ4n) is 1.95. The summed E-state index contributed by atoms with van der Waals surface area (Å²) in [5.41, 5.74) is 2.00.